The molecule has 0 aromatic heterocycles. The van der Waals surface area contributed by atoms with Gasteiger partial charge in [-0.15, -0.1) is 0 Å². The monoisotopic (exact) mass is 549 g/mol. The molecule has 1 N–H and O–H groups in total. The standard InChI is InChI=1S/C31H39N3O4S/c1-22(2)32-31(36)29(19-26-12-8-7-9-13-26)33(20-27-14-10-11-23(3)17-27)30(35)21-34(39(6,37)38)28-16-15-24(4)25(5)18-28/h7-18,22,29H,19-21H2,1-6H3,(H,32,36)/t29-/m1/s1. The zero-order chi connectivity index (χ0) is 28.7. The molecule has 0 fully saturated rings. The van der Waals surface area contributed by atoms with Crippen LogP contribution in [0.3, 0.4) is 0 Å². The van der Waals surface area contributed by atoms with Crippen molar-refractivity contribution >= 4 is 27.5 Å². The molecule has 208 valence electrons. The second-order valence-corrected chi connectivity index (χ2v) is 12.3. The van der Waals surface area contributed by atoms with Gasteiger partial charge in [-0.1, -0.05) is 66.2 Å². The van der Waals surface area contributed by atoms with Crippen LogP contribution in [0.4, 0.5) is 5.69 Å². The van der Waals surface area contributed by atoms with E-state index in [1.54, 1.807) is 12.1 Å². The molecule has 0 saturated heterocycles. The average molecular weight is 550 g/mol. The summed E-state index contributed by atoms with van der Waals surface area (Å²) in [6.45, 7) is 9.29. The number of hydrogen-bond donors (Lipinski definition) is 1. The van der Waals surface area contributed by atoms with Crippen molar-refractivity contribution in [2.45, 2.75) is 59.7 Å². The summed E-state index contributed by atoms with van der Waals surface area (Å²) in [4.78, 5) is 29.1. The fourth-order valence-corrected chi connectivity index (χ4v) is 5.28. The van der Waals surface area contributed by atoms with Gasteiger partial charge in [0.2, 0.25) is 21.8 Å². The zero-order valence-electron chi connectivity index (χ0n) is 23.6. The first-order chi connectivity index (χ1) is 18.3. The van der Waals surface area contributed by atoms with Gasteiger partial charge in [0.15, 0.2) is 0 Å². The van der Waals surface area contributed by atoms with E-state index in [2.05, 4.69) is 5.32 Å². The third-order valence-corrected chi connectivity index (χ3v) is 7.74. The molecule has 7 nitrogen and oxygen atoms in total. The predicted molar refractivity (Wildman–Crippen MR) is 157 cm³/mol. The van der Waals surface area contributed by atoms with Crippen LogP contribution in [-0.2, 0) is 32.6 Å². The maximum Gasteiger partial charge on any atom is 0.244 e. The number of amides is 2. The lowest BCUT2D eigenvalue weighted by molar-refractivity contribution is -0.140. The first-order valence-electron chi connectivity index (χ1n) is 13.1. The Labute approximate surface area is 232 Å². The summed E-state index contributed by atoms with van der Waals surface area (Å²) in [7, 11) is -3.79. The fraction of sp³-hybridized carbons (Fsp3) is 0.355. The number of benzene rings is 3. The SMILES string of the molecule is Cc1cccc(CN(C(=O)CN(c2ccc(C)c(C)c2)S(C)(=O)=O)[C@H](Cc2ccccc2)C(=O)NC(C)C)c1. The summed E-state index contributed by atoms with van der Waals surface area (Å²) in [5, 5.41) is 2.96. The molecule has 3 rings (SSSR count). The van der Waals surface area contributed by atoms with Gasteiger partial charge in [0, 0.05) is 19.0 Å². The molecule has 0 aliphatic carbocycles. The molecule has 1 atom stereocenters. The lowest BCUT2D eigenvalue weighted by Crippen LogP contribution is -2.54. The lowest BCUT2D eigenvalue weighted by atomic mass is 10.0. The number of carbonyl (C=O) groups is 2. The summed E-state index contributed by atoms with van der Waals surface area (Å²) in [6.07, 6.45) is 1.38. The van der Waals surface area contributed by atoms with Crippen LogP contribution in [0.2, 0.25) is 0 Å². The van der Waals surface area contributed by atoms with Crippen molar-refractivity contribution in [3.63, 3.8) is 0 Å². The maximum absolute atomic E-state index is 14.1. The van der Waals surface area contributed by atoms with Crippen molar-refractivity contribution in [2.24, 2.45) is 0 Å². The van der Waals surface area contributed by atoms with E-state index in [9.17, 15) is 18.0 Å². The molecule has 8 heteroatoms. The van der Waals surface area contributed by atoms with E-state index in [-0.39, 0.29) is 18.5 Å². The Morgan fingerprint density at radius 2 is 1.51 bits per heavy atom. The van der Waals surface area contributed by atoms with E-state index in [1.807, 2.05) is 95.3 Å². The average Bonchev–Trinajstić information content (AvgIpc) is 2.86. The summed E-state index contributed by atoms with van der Waals surface area (Å²) < 4.78 is 26.9. The van der Waals surface area contributed by atoms with E-state index in [0.717, 1.165) is 38.4 Å². The lowest BCUT2D eigenvalue weighted by Gasteiger charge is -2.34. The smallest absolute Gasteiger partial charge is 0.244 e. The van der Waals surface area contributed by atoms with Crippen LogP contribution in [0.25, 0.3) is 0 Å². The molecule has 0 radical (unpaired) electrons. The molecule has 3 aromatic carbocycles. The highest BCUT2D eigenvalue weighted by Crippen LogP contribution is 2.23. The normalized spacial score (nSPS) is 12.2. The number of sulfonamides is 1. The highest BCUT2D eigenvalue weighted by Gasteiger charge is 2.33. The molecule has 0 unspecified atom stereocenters. The van der Waals surface area contributed by atoms with Crippen molar-refractivity contribution in [3.8, 4) is 0 Å². The Morgan fingerprint density at radius 1 is 0.846 bits per heavy atom. The minimum atomic E-state index is -3.79. The Kier molecular flexibility index (Phi) is 9.92. The minimum Gasteiger partial charge on any atom is -0.352 e. The fourth-order valence-electron chi connectivity index (χ4n) is 4.44. The third kappa shape index (κ3) is 8.42. The number of carbonyl (C=O) groups excluding carboxylic acids is 2. The van der Waals surface area contributed by atoms with Crippen molar-refractivity contribution in [2.75, 3.05) is 17.1 Å². The van der Waals surface area contributed by atoms with Crippen LogP contribution in [0.5, 0.6) is 0 Å². The molecule has 0 heterocycles. The Bertz CT molecular complexity index is 1400. The molecule has 0 bridgehead atoms. The number of hydrogen-bond acceptors (Lipinski definition) is 4. The summed E-state index contributed by atoms with van der Waals surface area (Å²) in [5.41, 5.74) is 5.14. The zero-order valence-corrected chi connectivity index (χ0v) is 24.5. The van der Waals surface area contributed by atoms with E-state index in [4.69, 9.17) is 0 Å². The van der Waals surface area contributed by atoms with Gasteiger partial charge < -0.3 is 10.2 Å². The van der Waals surface area contributed by atoms with Gasteiger partial charge >= 0.3 is 0 Å². The Morgan fingerprint density at radius 3 is 2.10 bits per heavy atom. The second-order valence-electron chi connectivity index (χ2n) is 10.4. The highest BCUT2D eigenvalue weighted by molar-refractivity contribution is 7.92. The molecule has 39 heavy (non-hydrogen) atoms. The molecule has 0 aliphatic heterocycles. The molecule has 0 spiro atoms. The Hall–Kier alpha value is -3.65. The van der Waals surface area contributed by atoms with Crippen LogP contribution in [0, 0.1) is 20.8 Å². The summed E-state index contributed by atoms with van der Waals surface area (Å²) in [6, 6.07) is 21.6. The molecular formula is C31H39N3O4S. The molecule has 0 saturated carbocycles. The van der Waals surface area contributed by atoms with E-state index >= 15 is 0 Å². The topological polar surface area (TPSA) is 86.8 Å². The van der Waals surface area contributed by atoms with Gasteiger partial charge in [-0.05, 0) is 69.0 Å². The molecule has 3 aromatic rings. The van der Waals surface area contributed by atoms with Gasteiger partial charge in [-0.2, -0.15) is 0 Å². The van der Waals surface area contributed by atoms with E-state index < -0.39 is 28.5 Å². The Balaban J connectivity index is 2.07. The van der Waals surface area contributed by atoms with Crippen molar-refractivity contribution in [1.29, 1.82) is 0 Å². The summed E-state index contributed by atoms with van der Waals surface area (Å²) >= 11 is 0. The van der Waals surface area contributed by atoms with Gasteiger partial charge in [0.1, 0.15) is 12.6 Å². The number of aryl methyl sites for hydroxylation is 3. The maximum atomic E-state index is 14.1. The second kappa shape index (κ2) is 12.9. The molecule has 0 aliphatic rings. The van der Waals surface area contributed by atoms with Crippen molar-refractivity contribution < 1.29 is 18.0 Å². The van der Waals surface area contributed by atoms with E-state index in [1.165, 1.54) is 4.90 Å². The first-order valence-corrected chi connectivity index (χ1v) is 14.9. The minimum absolute atomic E-state index is 0.130. The first kappa shape index (κ1) is 29.9. The predicted octanol–water partition coefficient (Wildman–Crippen LogP) is 4.54. The van der Waals surface area contributed by atoms with Crippen LogP contribution in [0.1, 0.15) is 41.7 Å². The molecular weight excluding hydrogens is 510 g/mol. The highest BCUT2D eigenvalue weighted by atomic mass is 32.2. The van der Waals surface area contributed by atoms with E-state index in [0.29, 0.717) is 12.1 Å². The van der Waals surface area contributed by atoms with Gasteiger partial charge in [-0.3, -0.25) is 13.9 Å². The van der Waals surface area contributed by atoms with Crippen LogP contribution in [0.15, 0.2) is 72.8 Å². The number of nitrogens with zero attached hydrogens (tertiary/aromatic N) is 2. The van der Waals surface area contributed by atoms with Gasteiger partial charge in [0.25, 0.3) is 0 Å². The summed E-state index contributed by atoms with van der Waals surface area (Å²) in [5.74, 6) is -0.744. The quantitative estimate of drug-likeness (QED) is 0.380. The van der Waals surface area contributed by atoms with Gasteiger partial charge in [-0.25, -0.2) is 8.42 Å². The number of anilines is 1. The van der Waals surface area contributed by atoms with Gasteiger partial charge in [0.05, 0.1) is 11.9 Å². The van der Waals surface area contributed by atoms with Crippen molar-refractivity contribution in [3.05, 3.63) is 101 Å². The van der Waals surface area contributed by atoms with Crippen LogP contribution < -0.4 is 9.62 Å². The van der Waals surface area contributed by atoms with Crippen LogP contribution >= 0.6 is 0 Å². The largest absolute Gasteiger partial charge is 0.352 e. The number of rotatable bonds is 11. The molecule has 2 amide bonds. The van der Waals surface area contributed by atoms with Crippen molar-refractivity contribution in [1.82, 2.24) is 10.2 Å². The third-order valence-electron chi connectivity index (χ3n) is 6.60. The van der Waals surface area contributed by atoms with Crippen LogP contribution in [-0.4, -0.2) is 50.0 Å². The number of nitrogens with one attached hydrogen (secondary N) is 1.